The molecule has 5 heteroatoms. The van der Waals surface area contributed by atoms with Crippen molar-refractivity contribution >= 4 is 16.6 Å². The number of piperazine rings is 1. The zero-order valence-corrected chi connectivity index (χ0v) is 17.1. The fraction of sp³-hybridized carbons (Fsp3) is 0.240. The van der Waals surface area contributed by atoms with Crippen LogP contribution >= 0.6 is 0 Å². The van der Waals surface area contributed by atoms with Crippen LogP contribution in [-0.2, 0) is 0 Å². The molecule has 4 nitrogen and oxygen atoms in total. The van der Waals surface area contributed by atoms with Crippen LogP contribution in [0.2, 0.25) is 0 Å². The first-order chi connectivity index (χ1) is 14.7. The maximum Gasteiger partial charge on any atom is 0.143 e. The number of hydrogen-bond donors (Lipinski definition) is 2. The number of nitrogens with zero attached hydrogens (tertiary/aromatic N) is 2. The third kappa shape index (κ3) is 3.46. The number of aryl methyl sites for hydroxylation is 1. The number of anilines is 1. The van der Waals surface area contributed by atoms with Crippen molar-refractivity contribution in [3.8, 4) is 0 Å². The van der Waals surface area contributed by atoms with Crippen LogP contribution in [0.1, 0.15) is 22.9 Å². The zero-order chi connectivity index (χ0) is 20.5. The highest BCUT2D eigenvalue weighted by atomic mass is 19.1. The van der Waals surface area contributed by atoms with Gasteiger partial charge in [0.2, 0.25) is 0 Å². The summed E-state index contributed by atoms with van der Waals surface area (Å²) in [5.74, 6) is -0.186. The molecule has 1 atom stereocenters. The van der Waals surface area contributed by atoms with E-state index in [1.165, 1.54) is 32.6 Å². The standard InChI is InChI=1S/C25H25FN4/c1-18-24(22-6-2-3-7-23(22)28-18)25(19-5-4-12-27-17-19)30-15-13-29(14-16-30)21-10-8-20(26)9-11-21/h2-12,17,25,28H,13-16H2,1H3/p+1. The minimum atomic E-state index is -0.186. The molecule has 2 aromatic heterocycles. The van der Waals surface area contributed by atoms with E-state index >= 15 is 0 Å². The zero-order valence-electron chi connectivity index (χ0n) is 17.1. The summed E-state index contributed by atoms with van der Waals surface area (Å²) in [5, 5.41) is 1.29. The van der Waals surface area contributed by atoms with Gasteiger partial charge in [-0.3, -0.25) is 4.98 Å². The Morgan fingerprint density at radius 1 is 1.00 bits per heavy atom. The highest BCUT2D eigenvalue weighted by Crippen LogP contribution is 2.30. The minimum absolute atomic E-state index is 0.186. The maximum absolute atomic E-state index is 13.3. The van der Waals surface area contributed by atoms with E-state index < -0.39 is 0 Å². The molecule has 0 bridgehead atoms. The average Bonchev–Trinajstić information content (AvgIpc) is 3.12. The normalized spacial score (nSPS) is 16.1. The number of hydrogen-bond acceptors (Lipinski definition) is 2. The molecular formula is C25H26FN4+. The van der Waals surface area contributed by atoms with E-state index in [9.17, 15) is 4.39 Å². The molecule has 3 heterocycles. The number of halogens is 1. The first-order valence-corrected chi connectivity index (χ1v) is 10.5. The Kier molecular flexibility index (Phi) is 4.97. The molecular weight excluding hydrogens is 375 g/mol. The number of nitrogens with one attached hydrogen (secondary N) is 2. The van der Waals surface area contributed by atoms with Gasteiger partial charge in [-0.2, -0.15) is 0 Å². The fourth-order valence-electron chi connectivity index (χ4n) is 4.82. The van der Waals surface area contributed by atoms with Gasteiger partial charge in [-0.1, -0.05) is 18.2 Å². The second-order valence-corrected chi connectivity index (χ2v) is 8.05. The van der Waals surface area contributed by atoms with Gasteiger partial charge in [-0.05, 0) is 49.4 Å². The van der Waals surface area contributed by atoms with Crippen LogP contribution in [0.4, 0.5) is 10.1 Å². The predicted octanol–water partition coefficient (Wildman–Crippen LogP) is 3.50. The van der Waals surface area contributed by atoms with E-state index in [4.69, 9.17) is 0 Å². The molecule has 0 spiro atoms. The quantitative estimate of drug-likeness (QED) is 0.549. The van der Waals surface area contributed by atoms with Crippen molar-refractivity contribution in [3.05, 3.63) is 95.7 Å². The Hall–Kier alpha value is -3.18. The fourth-order valence-corrected chi connectivity index (χ4v) is 4.82. The number of pyridine rings is 1. The highest BCUT2D eigenvalue weighted by Gasteiger charge is 2.33. The van der Waals surface area contributed by atoms with Gasteiger partial charge in [0, 0.05) is 45.8 Å². The Labute approximate surface area is 176 Å². The summed E-state index contributed by atoms with van der Waals surface area (Å²) in [6, 6.07) is 19.8. The Bertz CT molecular complexity index is 1130. The number of benzene rings is 2. The highest BCUT2D eigenvalue weighted by molar-refractivity contribution is 5.85. The third-order valence-corrected chi connectivity index (χ3v) is 6.26. The minimum Gasteiger partial charge on any atom is -0.360 e. The van der Waals surface area contributed by atoms with Crippen LogP contribution in [0, 0.1) is 12.7 Å². The lowest BCUT2D eigenvalue weighted by Crippen LogP contribution is -3.15. The third-order valence-electron chi connectivity index (χ3n) is 6.26. The Balaban J connectivity index is 1.48. The summed E-state index contributed by atoms with van der Waals surface area (Å²) in [6.07, 6.45) is 3.84. The molecule has 5 rings (SSSR count). The summed E-state index contributed by atoms with van der Waals surface area (Å²) in [5.41, 5.74) is 6.11. The predicted molar refractivity (Wildman–Crippen MR) is 118 cm³/mol. The van der Waals surface area contributed by atoms with E-state index in [-0.39, 0.29) is 11.9 Å². The van der Waals surface area contributed by atoms with E-state index in [1.54, 1.807) is 12.1 Å². The molecule has 1 aliphatic heterocycles. The summed E-state index contributed by atoms with van der Waals surface area (Å²) in [4.78, 5) is 11.9. The first kappa shape index (κ1) is 18.8. The number of fused-ring (bicyclic) bond motifs is 1. The molecule has 0 saturated carbocycles. The van der Waals surface area contributed by atoms with E-state index in [0.717, 1.165) is 31.9 Å². The summed E-state index contributed by atoms with van der Waals surface area (Å²) in [6.45, 7) is 6.08. The molecule has 152 valence electrons. The van der Waals surface area contributed by atoms with Crippen LogP contribution in [0.5, 0.6) is 0 Å². The largest absolute Gasteiger partial charge is 0.360 e. The molecule has 2 aromatic carbocycles. The summed E-state index contributed by atoms with van der Waals surface area (Å²) in [7, 11) is 0. The van der Waals surface area contributed by atoms with E-state index in [1.807, 2.05) is 30.6 Å². The molecule has 2 N–H and O–H groups in total. The van der Waals surface area contributed by atoms with Gasteiger partial charge >= 0.3 is 0 Å². The molecule has 30 heavy (non-hydrogen) atoms. The van der Waals surface area contributed by atoms with Crippen molar-refractivity contribution < 1.29 is 9.29 Å². The number of quaternary nitrogens is 1. The lowest BCUT2D eigenvalue weighted by molar-refractivity contribution is -0.926. The maximum atomic E-state index is 13.3. The van der Waals surface area contributed by atoms with Gasteiger partial charge in [-0.15, -0.1) is 0 Å². The number of aromatic nitrogens is 2. The smallest absolute Gasteiger partial charge is 0.143 e. The molecule has 4 aromatic rings. The van der Waals surface area contributed by atoms with Crippen LogP contribution in [-0.4, -0.2) is 36.1 Å². The topological polar surface area (TPSA) is 36.4 Å². The average molecular weight is 402 g/mol. The molecule has 1 fully saturated rings. The molecule has 1 aliphatic rings. The molecule has 0 aliphatic carbocycles. The first-order valence-electron chi connectivity index (χ1n) is 10.5. The van der Waals surface area contributed by atoms with Crippen LogP contribution < -0.4 is 9.80 Å². The van der Waals surface area contributed by atoms with Crippen molar-refractivity contribution in [2.75, 3.05) is 31.1 Å². The molecule has 1 unspecified atom stereocenters. The summed E-state index contributed by atoms with van der Waals surface area (Å²) >= 11 is 0. The number of rotatable bonds is 4. The van der Waals surface area contributed by atoms with Crippen LogP contribution in [0.3, 0.4) is 0 Å². The van der Waals surface area contributed by atoms with E-state index in [2.05, 4.69) is 52.1 Å². The van der Waals surface area contributed by atoms with Gasteiger partial charge in [0.05, 0.1) is 26.2 Å². The Morgan fingerprint density at radius 3 is 2.50 bits per heavy atom. The lowest BCUT2D eigenvalue weighted by atomic mass is 9.95. The van der Waals surface area contributed by atoms with Gasteiger partial charge in [0.15, 0.2) is 0 Å². The number of H-pyrrole nitrogens is 1. The van der Waals surface area contributed by atoms with Crippen molar-refractivity contribution in [3.63, 3.8) is 0 Å². The van der Waals surface area contributed by atoms with Crippen molar-refractivity contribution in [1.82, 2.24) is 9.97 Å². The lowest BCUT2D eigenvalue weighted by Gasteiger charge is -2.38. The van der Waals surface area contributed by atoms with Gasteiger partial charge in [-0.25, -0.2) is 4.39 Å². The SMILES string of the molecule is Cc1[nH]c2ccccc2c1C(c1cccnc1)[NH+]1CCN(c2ccc(F)cc2)CC1. The van der Waals surface area contributed by atoms with E-state index in [0.29, 0.717) is 0 Å². The van der Waals surface area contributed by atoms with Gasteiger partial charge in [0.1, 0.15) is 11.9 Å². The summed E-state index contributed by atoms with van der Waals surface area (Å²) < 4.78 is 13.3. The van der Waals surface area contributed by atoms with Crippen LogP contribution in [0.15, 0.2) is 73.1 Å². The van der Waals surface area contributed by atoms with Crippen molar-refractivity contribution in [2.45, 2.75) is 13.0 Å². The van der Waals surface area contributed by atoms with Crippen molar-refractivity contribution in [2.24, 2.45) is 0 Å². The van der Waals surface area contributed by atoms with Crippen molar-refractivity contribution in [1.29, 1.82) is 0 Å². The number of para-hydroxylation sites is 1. The van der Waals surface area contributed by atoms with Crippen LogP contribution in [0.25, 0.3) is 10.9 Å². The molecule has 0 radical (unpaired) electrons. The molecule has 0 amide bonds. The molecule has 1 saturated heterocycles. The second-order valence-electron chi connectivity index (χ2n) is 8.05. The second kappa shape index (κ2) is 7.92. The van der Waals surface area contributed by atoms with Gasteiger partial charge < -0.3 is 14.8 Å². The number of aromatic amines is 1. The van der Waals surface area contributed by atoms with Gasteiger partial charge in [0.25, 0.3) is 0 Å². The Morgan fingerprint density at radius 2 is 1.77 bits per heavy atom. The monoisotopic (exact) mass is 401 g/mol.